The van der Waals surface area contributed by atoms with E-state index in [4.69, 9.17) is 10.5 Å². The predicted octanol–water partition coefficient (Wildman–Crippen LogP) is 3.42. The zero-order chi connectivity index (χ0) is 15.3. The number of ether oxygens (including phenoxy) is 1. The molecule has 1 fully saturated rings. The fourth-order valence-corrected chi connectivity index (χ4v) is 3.52. The second kappa shape index (κ2) is 7.28. The van der Waals surface area contributed by atoms with Gasteiger partial charge in [0.25, 0.3) is 0 Å². The van der Waals surface area contributed by atoms with Crippen molar-refractivity contribution < 1.29 is 4.74 Å². The Labute approximate surface area is 129 Å². The summed E-state index contributed by atoms with van der Waals surface area (Å²) in [5, 5.41) is 0. The number of methoxy groups -OCH3 is 1. The van der Waals surface area contributed by atoms with Crippen LogP contribution in [0.25, 0.3) is 0 Å². The van der Waals surface area contributed by atoms with Crippen LogP contribution in [-0.2, 0) is 6.54 Å². The van der Waals surface area contributed by atoms with Crippen LogP contribution in [0.1, 0.15) is 44.6 Å². The first kappa shape index (κ1) is 16.3. The lowest BCUT2D eigenvalue weighted by Gasteiger charge is -2.41. The second-order valence-corrected chi connectivity index (χ2v) is 6.67. The molecule has 2 unspecified atom stereocenters. The molecule has 3 nitrogen and oxygen atoms in total. The molecular formula is C18H30N2O. The van der Waals surface area contributed by atoms with Crippen LogP contribution in [0.15, 0.2) is 24.3 Å². The van der Waals surface area contributed by atoms with E-state index in [9.17, 15) is 0 Å². The van der Waals surface area contributed by atoms with Gasteiger partial charge in [-0.2, -0.15) is 0 Å². The molecule has 0 amide bonds. The molecule has 0 spiro atoms. The summed E-state index contributed by atoms with van der Waals surface area (Å²) in [7, 11) is 3.94. The SMILES string of the molecule is COc1cccc(CN(C)C2(CN)CCCC(C)CC2)c1. The summed E-state index contributed by atoms with van der Waals surface area (Å²) in [5.74, 6) is 1.76. The van der Waals surface area contributed by atoms with Crippen molar-refractivity contribution in [2.75, 3.05) is 20.7 Å². The van der Waals surface area contributed by atoms with Crippen molar-refractivity contribution in [3.8, 4) is 5.75 Å². The highest BCUT2D eigenvalue weighted by Gasteiger charge is 2.34. The van der Waals surface area contributed by atoms with Crippen LogP contribution in [0, 0.1) is 5.92 Å². The van der Waals surface area contributed by atoms with Crippen LogP contribution < -0.4 is 10.5 Å². The van der Waals surface area contributed by atoms with Crippen molar-refractivity contribution in [2.24, 2.45) is 11.7 Å². The number of hydrogen-bond donors (Lipinski definition) is 1. The minimum atomic E-state index is 0.161. The fraction of sp³-hybridized carbons (Fsp3) is 0.667. The largest absolute Gasteiger partial charge is 0.497 e. The zero-order valence-corrected chi connectivity index (χ0v) is 13.8. The van der Waals surface area contributed by atoms with Crippen LogP contribution >= 0.6 is 0 Å². The second-order valence-electron chi connectivity index (χ2n) is 6.67. The molecule has 1 aromatic rings. The van der Waals surface area contributed by atoms with Gasteiger partial charge < -0.3 is 10.5 Å². The number of likely N-dealkylation sites (N-methyl/N-ethyl adjacent to an activating group) is 1. The van der Waals surface area contributed by atoms with Gasteiger partial charge in [-0.15, -0.1) is 0 Å². The van der Waals surface area contributed by atoms with Gasteiger partial charge in [0.1, 0.15) is 5.75 Å². The molecule has 0 radical (unpaired) electrons. The van der Waals surface area contributed by atoms with E-state index in [1.807, 2.05) is 6.07 Å². The molecule has 2 atom stereocenters. The standard InChI is InChI=1S/C18H30N2O/c1-15-6-5-10-18(14-19,11-9-15)20(2)13-16-7-4-8-17(12-16)21-3/h4,7-8,12,15H,5-6,9-11,13-14,19H2,1-3H3. The maximum atomic E-state index is 6.20. The topological polar surface area (TPSA) is 38.5 Å². The number of nitrogens with zero attached hydrogens (tertiary/aromatic N) is 1. The van der Waals surface area contributed by atoms with Crippen molar-refractivity contribution in [3.63, 3.8) is 0 Å². The number of hydrogen-bond acceptors (Lipinski definition) is 3. The van der Waals surface area contributed by atoms with E-state index in [-0.39, 0.29) is 5.54 Å². The Kier molecular flexibility index (Phi) is 5.65. The molecule has 0 bridgehead atoms. The molecule has 0 heterocycles. The first-order valence-electron chi connectivity index (χ1n) is 8.14. The molecule has 1 aliphatic rings. The quantitative estimate of drug-likeness (QED) is 0.844. The molecule has 0 aromatic heterocycles. The van der Waals surface area contributed by atoms with E-state index >= 15 is 0 Å². The molecule has 2 N–H and O–H groups in total. The summed E-state index contributed by atoms with van der Waals surface area (Å²) < 4.78 is 5.32. The molecule has 0 aliphatic heterocycles. The molecule has 1 saturated carbocycles. The molecule has 2 rings (SSSR count). The van der Waals surface area contributed by atoms with Crippen LogP contribution in [0.5, 0.6) is 5.75 Å². The van der Waals surface area contributed by atoms with E-state index in [1.54, 1.807) is 7.11 Å². The van der Waals surface area contributed by atoms with Gasteiger partial charge in [0.2, 0.25) is 0 Å². The number of rotatable bonds is 5. The lowest BCUT2D eigenvalue weighted by molar-refractivity contribution is 0.0986. The van der Waals surface area contributed by atoms with Gasteiger partial charge in [0, 0.05) is 18.6 Å². The first-order valence-corrected chi connectivity index (χ1v) is 8.14. The van der Waals surface area contributed by atoms with E-state index < -0.39 is 0 Å². The molecule has 21 heavy (non-hydrogen) atoms. The summed E-state index contributed by atoms with van der Waals surface area (Å²) in [6.07, 6.45) is 6.36. The highest BCUT2D eigenvalue weighted by molar-refractivity contribution is 5.28. The lowest BCUT2D eigenvalue weighted by atomic mass is 9.87. The van der Waals surface area contributed by atoms with E-state index in [2.05, 4.69) is 37.1 Å². The van der Waals surface area contributed by atoms with Crippen molar-refractivity contribution >= 4 is 0 Å². The Hall–Kier alpha value is -1.06. The van der Waals surface area contributed by atoms with Crippen LogP contribution in [-0.4, -0.2) is 31.1 Å². The Morgan fingerprint density at radius 3 is 2.86 bits per heavy atom. The smallest absolute Gasteiger partial charge is 0.119 e. The zero-order valence-electron chi connectivity index (χ0n) is 13.8. The van der Waals surface area contributed by atoms with Crippen LogP contribution in [0.3, 0.4) is 0 Å². The third-order valence-electron chi connectivity index (χ3n) is 5.19. The summed E-state index contributed by atoms with van der Waals surface area (Å²) in [4.78, 5) is 2.47. The minimum absolute atomic E-state index is 0.161. The van der Waals surface area contributed by atoms with E-state index in [0.29, 0.717) is 0 Å². The van der Waals surface area contributed by atoms with Crippen molar-refractivity contribution in [1.82, 2.24) is 4.90 Å². The Morgan fingerprint density at radius 2 is 2.14 bits per heavy atom. The van der Waals surface area contributed by atoms with Gasteiger partial charge in [-0.3, -0.25) is 4.90 Å². The number of nitrogens with two attached hydrogens (primary N) is 1. The highest BCUT2D eigenvalue weighted by atomic mass is 16.5. The van der Waals surface area contributed by atoms with Gasteiger partial charge in [0.05, 0.1) is 7.11 Å². The van der Waals surface area contributed by atoms with Gasteiger partial charge in [-0.1, -0.05) is 31.9 Å². The Morgan fingerprint density at radius 1 is 1.33 bits per heavy atom. The van der Waals surface area contributed by atoms with Crippen molar-refractivity contribution in [1.29, 1.82) is 0 Å². The molecule has 0 saturated heterocycles. The molecule has 1 aromatic carbocycles. The predicted molar refractivity (Wildman–Crippen MR) is 88.5 cm³/mol. The monoisotopic (exact) mass is 290 g/mol. The maximum absolute atomic E-state index is 6.20. The Bertz CT molecular complexity index is 449. The molecule has 1 aliphatic carbocycles. The third-order valence-corrected chi connectivity index (χ3v) is 5.19. The fourth-order valence-electron chi connectivity index (χ4n) is 3.52. The van der Waals surface area contributed by atoms with E-state index in [0.717, 1.165) is 24.8 Å². The molecule has 118 valence electrons. The molecule has 3 heteroatoms. The van der Waals surface area contributed by atoms with Crippen LogP contribution in [0.2, 0.25) is 0 Å². The maximum Gasteiger partial charge on any atom is 0.119 e. The summed E-state index contributed by atoms with van der Waals surface area (Å²) in [5.41, 5.74) is 7.65. The average molecular weight is 290 g/mol. The number of benzene rings is 1. The average Bonchev–Trinajstić information content (AvgIpc) is 2.70. The summed E-state index contributed by atoms with van der Waals surface area (Å²) >= 11 is 0. The van der Waals surface area contributed by atoms with Gasteiger partial charge in [0.15, 0.2) is 0 Å². The minimum Gasteiger partial charge on any atom is -0.497 e. The van der Waals surface area contributed by atoms with Gasteiger partial charge in [-0.05, 0) is 49.9 Å². The van der Waals surface area contributed by atoms with Crippen molar-refractivity contribution in [2.45, 2.75) is 51.1 Å². The third kappa shape index (κ3) is 3.98. The lowest BCUT2D eigenvalue weighted by Crippen LogP contribution is -2.51. The van der Waals surface area contributed by atoms with Crippen LogP contribution in [0.4, 0.5) is 0 Å². The highest BCUT2D eigenvalue weighted by Crippen LogP contribution is 2.34. The summed E-state index contributed by atoms with van der Waals surface area (Å²) in [6.45, 7) is 4.05. The van der Waals surface area contributed by atoms with Crippen molar-refractivity contribution in [3.05, 3.63) is 29.8 Å². The van der Waals surface area contributed by atoms with Gasteiger partial charge in [-0.25, -0.2) is 0 Å². The van der Waals surface area contributed by atoms with E-state index in [1.165, 1.54) is 37.7 Å². The molecular weight excluding hydrogens is 260 g/mol. The first-order chi connectivity index (χ1) is 10.1. The summed E-state index contributed by atoms with van der Waals surface area (Å²) in [6, 6.07) is 8.35. The Balaban J connectivity index is 2.10. The normalized spacial score (nSPS) is 26.6. The van der Waals surface area contributed by atoms with Gasteiger partial charge >= 0.3 is 0 Å².